The Balaban J connectivity index is 2.41. The molecule has 1 aliphatic heterocycles. The Morgan fingerprint density at radius 1 is 1.47 bits per heavy atom. The summed E-state index contributed by atoms with van der Waals surface area (Å²) in [4.78, 5) is -0.105. The molecule has 0 radical (unpaired) electrons. The second-order valence-corrected chi connectivity index (χ2v) is 6.64. The molecule has 1 aliphatic rings. The SMILES string of the molecule is O=S(=O)(c1cc(F)ccc1Br)N1CC[C@@H](O)C1. The van der Waals surface area contributed by atoms with E-state index < -0.39 is 21.9 Å². The Hall–Kier alpha value is -0.500. The Bertz CT molecular complexity index is 534. The molecule has 0 aromatic heterocycles. The van der Waals surface area contributed by atoms with Crippen LogP contribution >= 0.6 is 15.9 Å². The Labute approximate surface area is 107 Å². The van der Waals surface area contributed by atoms with Crippen LogP contribution in [0.15, 0.2) is 27.6 Å². The summed E-state index contributed by atoms with van der Waals surface area (Å²) in [6.07, 6.45) is -0.233. The quantitative estimate of drug-likeness (QED) is 0.893. The van der Waals surface area contributed by atoms with Gasteiger partial charge in [-0.05, 0) is 40.5 Å². The number of benzene rings is 1. The summed E-state index contributed by atoms with van der Waals surface area (Å²) in [5, 5.41) is 9.34. The molecule has 1 N–H and O–H groups in total. The molecule has 0 bridgehead atoms. The molecule has 0 aliphatic carbocycles. The lowest BCUT2D eigenvalue weighted by molar-refractivity contribution is 0.189. The Morgan fingerprint density at radius 3 is 2.76 bits per heavy atom. The molecule has 94 valence electrons. The second-order valence-electron chi connectivity index (χ2n) is 3.88. The average Bonchev–Trinajstić information content (AvgIpc) is 2.69. The van der Waals surface area contributed by atoms with Gasteiger partial charge in [-0.25, -0.2) is 12.8 Å². The van der Waals surface area contributed by atoms with Gasteiger partial charge >= 0.3 is 0 Å². The fraction of sp³-hybridized carbons (Fsp3) is 0.400. The zero-order valence-corrected chi connectivity index (χ0v) is 11.2. The van der Waals surface area contributed by atoms with Crippen LogP contribution in [-0.4, -0.2) is 37.0 Å². The maximum Gasteiger partial charge on any atom is 0.244 e. The van der Waals surface area contributed by atoms with Crippen molar-refractivity contribution in [1.82, 2.24) is 4.31 Å². The van der Waals surface area contributed by atoms with Gasteiger partial charge < -0.3 is 5.11 Å². The minimum atomic E-state index is -3.74. The number of halogens is 2. The standard InChI is InChI=1S/C10H11BrFNO3S/c11-9-2-1-7(12)5-10(9)17(15,16)13-4-3-8(14)6-13/h1-2,5,8,14H,3-4,6H2/t8-/m1/s1. The van der Waals surface area contributed by atoms with Gasteiger partial charge in [-0.3, -0.25) is 0 Å². The normalized spacial score (nSPS) is 21.9. The van der Waals surface area contributed by atoms with Gasteiger partial charge in [0.2, 0.25) is 10.0 Å². The number of aliphatic hydroxyl groups excluding tert-OH is 1. The van der Waals surface area contributed by atoms with Crippen molar-refractivity contribution in [2.24, 2.45) is 0 Å². The lowest BCUT2D eigenvalue weighted by Gasteiger charge is -2.16. The van der Waals surface area contributed by atoms with Crippen LogP contribution in [0.3, 0.4) is 0 Å². The van der Waals surface area contributed by atoms with E-state index in [0.29, 0.717) is 10.9 Å². The van der Waals surface area contributed by atoms with E-state index >= 15 is 0 Å². The van der Waals surface area contributed by atoms with Crippen LogP contribution in [0.2, 0.25) is 0 Å². The number of hydrogen-bond donors (Lipinski definition) is 1. The predicted octanol–water partition coefficient (Wildman–Crippen LogP) is 1.34. The highest BCUT2D eigenvalue weighted by Crippen LogP contribution is 2.28. The van der Waals surface area contributed by atoms with Crippen LogP contribution in [0.4, 0.5) is 4.39 Å². The van der Waals surface area contributed by atoms with Crippen LogP contribution in [-0.2, 0) is 10.0 Å². The largest absolute Gasteiger partial charge is 0.392 e. The van der Waals surface area contributed by atoms with Gasteiger partial charge in [0.15, 0.2) is 0 Å². The van der Waals surface area contributed by atoms with Gasteiger partial charge in [0.1, 0.15) is 5.82 Å². The van der Waals surface area contributed by atoms with E-state index in [2.05, 4.69) is 15.9 Å². The molecular weight excluding hydrogens is 313 g/mol. The molecule has 0 unspecified atom stereocenters. The number of aliphatic hydroxyl groups is 1. The Kier molecular flexibility index (Phi) is 3.53. The molecular formula is C10H11BrFNO3S. The highest BCUT2D eigenvalue weighted by molar-refractivity contribution is 9.10. The van der Waals surface area contributed by atoms with E-state index in [1.807, 2.05) is 0 Å². The molecule has 0 amide bonds. The van der Waals surface area contributed by atoms with Gasteiger partial charge in [-0.15, -0.1) is 0 Å². The minimum Gasteiger partial charge on any atom is -0.392 e. The number of nitrogens with zero attached hydrogens (tertiary/aromatic N) is 1. The van der Waals surface area contributed by atoms with E-state index in [1.165, 1.54) is 12.1 Å². The average molecular weight is 324 g/mol. The van der Waals surface area contributed by atoms with E-state index in [9.17, 15) is 17.9 Å². The molecule has 2 rings (SSSR count). The molecule has 1 heterocycles. The van der Waals surface area contributed by atoms with E-state index in [0.717, 1.165) is 10.4 Å². The van der Waals surface area contributed by atoms with Crippen molar-refractivity contribution in [3.8, 4) is 0 Å². The van der Waals surface area contributed by atoms with E-state index in [4.69, 9.17) is 0 Å². The monoisotopic (exact) mass is 323 g/mol. The van der Waals surface area contributed by atoms with Gasteiger partial charge in [0, 0.05) is 17.6 Å². The molecule has 0 saturated carbocycles. The van der Waals surface area contributed by atoms with Crippen molar-refractivity contribution in [3.05, 3.63) is 28.5 Å². The highest BCUT2D eigenvalue weighted by Gasteiger charge is 2.32. The molecule has 1 aromatic rings. The highest BCUT2D eigenvalue weighted by atomic mass is 79.9. The maximum absolute atomic E-state index is 13.1. The zero-order chi connectivity index (χ0) is 12.6. The zero-order valence-electron chi connectivity index (χ0n) is 8.81. The molecule has 4 nitrogen and oxygen atoms in total. The third-order valence-electron chi connectivity index (χ3n) is 2.64. The summed E-state index contributed by atoms with van der Waals surface area (Å²) in [5.41, 5.74) is 0. The smallest absolute Gasteiger partial charge is 0.244 e. The van der Waals surface area contributed by atoms with Crippen molar-refractivity contribution in [3.63, 3.8) is 0 Å². The summed E-state index contributed by atoms with van der Waals surface area (Å²) < 4.78 is 38.9. The lowest BCUT2D eigenvalue weighted by atomic mass is 10.3. The second kappa shape index (κ2) is 4.64. The summed E-state index contributed by atoms with van der Waals surface area (Å²) in [7, 11) is -3.74. The van der Waals surface area contributed by atoms with Crippen LogP contribution in [0.5, 0.6) is 0 Å². The molecule has 7 heteroatoms. The molecule has 0 spiro atoms. The Morgan fingerprint density at radius 2 is 2.18 bits per heavy atom. The minimum absolute atomic E-state index is 0.0608. The number of hydrogen-bond acceptors (Lipinski definition) is 3. The van der Waals surface area contributed by atoms with Crippen molar-refractivity contribution < 1.29 is 17.9 Å². The van der Waals surface area contributed by atoms with Crippen LogP contribution < -0.4 is 0 Å². The molecule has 1 fully saturated rings. The molecule has 1 saturated heterocycles. The number of sulfonamides is 1. The number of β-amino-alcohol motifs (C(OH)–C–C–N with tert-alkyl or cyclic N) is 1. The van der Waals surface area contributed by atoms with Crippen LogP contribution in [0.25, 0.3) is 0 Å². The van der Waals surface area contributed by atoms with Crippen LogP contribution in [0.1, 0.15) is 6.42 Å². The van der Waals surface area contributed by atoms with Gasteiger partial charge in [0.05, 0.1) is 11.0 Å². The van der Waals surface area contributed by atoms with Crippen LogP contribution in [0, 0.1) is 5.82 Å². The fourth-order valence-corrected chi connectivity index (χ4v) is 4.17. The van der Waals surface area contributed by atoms with Crippen molar-refractivity contribution in [2.75, 3.05) is 13.1 Å². The first-order valence-electron chi connectivity index (χ1n) is 5.04. The predicted molar refractivity (Wildman–Crippen MR) is 63.5 cm³/mol. The topological polar surface area (TPSA) is 57.6 Å². The van der Waals surface area contributed by atoms with Crippen molar-refractivity contribution in [2.45, 2.75) is 17.4 Å². The first-order chi connectivity index (χ1) is 7.91. The van der Waals surface area contributed by atoms with Crippen molar-refractivity contribution >= 4 is 26.0 Å². The van der Waals surface area contributed by atoms with Gasteiger partial charge in [0.25, 0.3) is 0 Å². The first kappa shape index (κ1) is 12.9. The third kappa shape index (κ3) is 2.52. The van der Waals surface area contributed by atoms with Gasteiger partial charge in [-0.2, -0.15) is 4.31 Å². The summed E-state index contributed by atoms with van der Waals surface area (Å²) in [6, 6.07) is 3.51. The summed E-state index contributed by atoms with van der Waals surface area (Å²) in [6.45, 7) is 0.317. The lowest BCUT2D eigenvalue weighted by Crippen LogP contribution is -2.30. The van der Waals surface area contributed by atoms with E-state index in [-0.39, 0.29) is 18.0 Å². The summed E-state index contributed by atoms with van der Waals surface area (Å²) >= 11 is 3.09. The third-order valence-corrected chi connectivity index (χ3v) is 5.50. The van der Waals surface area contributed by atoms with Crippen molar-refractivity contribution in [1.29, 1.82) is 0 Å². The fourth-order valence-electron chi connectivity index (χ4n) is 1.74. The summed E-state index contributed by atoms with van der Waals surface area (Å²) in [5.74, 6) is -0.605. The number of rotatable bonds is 2. The molecule has 17 heavy (non-hydrogen) atoms. The maximum atomic E-state index is 13.1. The van der Waals surface area contributed by atoms with E-state index in [1.54, 1.807) is 0 Å². The molecule has 1 aromatic carbocycles. The molecule has 1 atom stereocenters. The first-order valence-corrected chi connectivity index (χ1v) is 7.28. The van der Waals surface area contributed by atoms with Gasteiger partial charge in [-0.1, -0.05) is 0 Å².